The van der Waals surface area contributed by atoms with Crippen LogP contribution in [-0.2, 0) is 0 Å². The van der Waals surface area contributed by atoms with Crippen molar-refractivity contribution in [2.24, 2.45) is 0 Å². The third-order valence-electron chi connectivity index (χ3n) is 4.64. The number of imidazole rings is 1. The number of aryl methyl sites for hydroxylation is 2. The second-order valence-electron chi connectivity index (χ2n) is 6.66. The van der Waals surface area contributed by atoms with Gasteiger partial charge in [-0.15, -0.1) is 0 Å². The molecule has 0 atom stereocenters. The van der Waals surface area contributed by atoms with E-state index in [-0.39, 0.29) is 5.91 Å². The minimum Gasteiger partial charge on any atom is -0.495 e. The number of fused-ring (bicyclic) bond motifs is 1. The molecule has 0 saturated carbocycles. The zero-order valence-electron chi connectivity index (χ0n) is 16.2. The average molecular weight is 407 g/mol. The van der Waals surface area contributed by atoms with E-state index in [0.29, 0.717) is 33.4 Å². The zero-order valence-corrected chi connectivity index (χ0v) is 17.0. The van der Waals surface area contributed by atoms with Gasteiger partial charge in [0.15, 0.2) is 5.65 Å². The Bertz CT molecular complexity index is 1230. The number of hydrogen-bond acceptors (Lipinski definition) is 4. The van der Waals surface area contributed by atoms with Crippen LogP contribution in [-0.4, -0.2) is 27.6 Å². The maximum atomic E-state index is 12.9. The van der Waals surface area contributed by atoms with E-state index in [1.807, 2.05) is 48.7 Å². The molecule has 29 heavy (non-hydrogen) atoms. The van der Waals surface area contributed by atoms with Crippen LogP contribution in [0.3, 0.4) is 0 Å². The molecule has 0 bridgehead atoms. The molecule has 0 aliphatic heterocycles. The largest absolute Gasteiger partial charge is 0.495 e. The van der Waals surface area contributed by atoms with Crippen LogP contribution in [0.15, 0.2) is 54.7 Å². The van der Waals surface area contributed by atoms with E-state index in [1.54, 1.807) is 31.5 Å². The first kappa shape index (κ1) is 19.0. The van der Waals surface area contributed by atoms with Gasteiger partial charge in [-0.1, -0.05) is 17.7 Å². The molecule has 4 rings (SSSR count). The number of aromatic nitrogens is 3. The predicted molar refractivity (Wildman–Crippen MR) is 114 cm³/mol. The Morgan fingerprint density at radius 2 is 1.97 bits per heavy atom. The summed E-state index contributed by atoms with van der Waals surface area (Å²) in [6, 6.07) is 14.5. The number of methoxy groups -OCH3 is 1. The van der Waals surface area contributed by atoms with E-state index >= 15 is 0 Å². The number of hydrogen-bond donors (Lipinski definition) is 1. The van der Waals surface area contributed by atoms with Crippen molar-refractivity contribution >= 4 is 34.4 Å². The molecule has 2 heterocycles. The van der Waals surface area contributed by atoms with Gasteiger partial charge >= 0.3 is 0 Å². The highest BCUT2D eigenvalue weighted by Gasteiger charge is 2.16. The van der Waals surface area contributed by atoms with Crippen LogP contribution in [0, 0.1) is 13.8 Å². The fraction of sp³-hybridized carbons (Fsp3) is 0.136. The molecule has 6 nitrogen and oxygen atoms in total. The molecule has 4 aromatic rings. The molecule has 0 spiro atoms. The number of ether oxygens (including phenoxy) is 1. The summed E-state index contributed by atoms with van der Waals surface area (Å²) in [5.74, 6) is 1.07. The number of nitrogens with one attached hydrogen (secondary N) is 1. The summed E-state index contributed by atoms with van der Waals surface area (Å²) in [6.45, 7) is 3.83. The molecule has 0 aliphatic rings. The Balaban J connectivity index is 1.75. The molecular weight excluding hydrogens is 388 g/mol. The first-order chi connectivity index (χ1) is 14.0. The number of carbonyl (C=O) groups excluding carboxylic acids is 1. The molecule has 0 unspecified atom stereocenters. The van der Waals surface area contributed by atoms with Crippen LogP contribution < -0.4 is 10.1 Å². The summed E-state index contributed by atoms with van der Waals surface area (Å²) in [7, 11) is 1.57. The van der Waals surface area contributed by atoms with Crippen LogP contribution in [0.2, 0.25) is 5.02 Å². The minimum atomic E-state index is -0.262. The Kier molecular flexibility index (Phi) is 4.94. The second kappa shape index (κ2) is 7.56. The number of benzene rings is 2. The monoisotopic (exact) mass is 406 g/mol. The van der Waals surface area contributed by atoms with Crippen molar-refractivity contribution in [1.82, 2.24) is 14.5 Å². The lowest BCUT2D eigenvalue weighted by Gasteiger charge is -2.13. The maximum absolute atomic E-state index is 12.9. The maximum Gasteiger partial charge on any atom is 0.255 e. The van der Waals surface area contributed by atoms with Gasteiger partial charge in [0.25, 0.3) is 5.91 Å². The van der Waals surface area contributed by atoms with Crippen LogP contribution in [0.4, 0.5) is 5.69 Å². The topological polar surface area (TPSA) is 69.0 Å². The van der Waals surface area contributed by atoms with Crippen molar-refractivity contribution in [2.75, 3.05) is 12.4 Å². The van der Waals surface area contributed by atoms with Gasteiger partial charge in [-0.25, -0.2) is 9.97 Å². The molecule has 0 fully saturated rings. The van der Waals surface area contributed by atoms with Gasteiger partial charge in [-0.2, -0.15) is 0 Å². The molecule has 146 valence electrons. The van der Waals surface area contributed by atoms with Crippen molar-refractivity contribution < 1.29 is 9.53 Å². The fourth-order valence-corrected chi connectivity index (χ4v) is 3.46. The molecule has 2 aromatic carbocycles. The number of halogens is 1. The number of carbonyl (C=O) groups is 1. The van der Waals surface area contributed by atoms with Crippen molar-refractivity contribution in [3.05, 3.63) is 76.7 Å². The molecule has 1 N–H and O–H groups in total. The smallest absolute Gasteiger partial charge is 0.255 e. The Labute approximate surface area is 173 Å². The highest BCUT2D eigenvalue weighted by Crippen LogP contribution is 2.29. The minimum absolute atomic E-state index is 0.262. The highest BCUT2D eigenvalue weighted by molar-refractivity contribution is 6.32. The summed E-state index contributed by atoms with van der Waals surface area (Å²) in [4.78, 5) is 21.9. The summed E-state index contributed by atoms with van der Waals surface area (Å²) in [5.41, 5.74) is 4.19. The number of anilines is 1. The van der Waals surface area contributed by atoms with Gasteiger partial charge in [0, 0.05) is 11.8 Å². The third kappa shape index (κ3) is 3.54. The number of rotatable bonds is 4. The van der Waals surface area contributed by atoms with Crippen LogP contribution in [0.5, 0.6) is 5.75 Å². The molecule has 1 amide bonds. The first-order valence-corrected chi connectivity index (χ1v) is 9.41. The van der Waals surface area contributed by atoms with Crippen LogP contribution in [0.1, 0.15) is 21.7 Å². The third-order valence-corrected chi connectivity index (χ3v) is 4.96. The predicted octanol–water partition coefficient (Wildman–Crippen LogP) is 4.95. The van der Waals surface area contributed by atoms with E-state index in [9.17, 15) is 4.79 Å². The summed E-state index contributed by atoms with van der Waals surface area (Å²) in [5, 5.41) is 3.42. The normalized spacial score (nSPS) is 10.9. The van der Waals surface area contributed by atoms with Crippen LogP contribution >= 0.6 is 11.6 Å². The molecule has 0 aliphatic carbocycles. The zero-order chi connectivity index (χ0) is 20.5. The lowest BCUT2D eigenvalue weighted by molar-refractivity contribution is 0.102. The van der Waals surface area contributed by atoms with E-state index in [4.69, 9.17) is 16.3 Å². The van der Waals surface area contributed by atoms with E-state index in [2.05, 4.69) is 15.3 Å². The number of amides is 1. The summed E-state index contributed by atoms with van der Waals surface area (Å²) < 4.78 is 7.20. The van der Waals surface area contributed by atoms with Gasteiger partial charge < -0.3 is 10.1 Å². The van der Waals surface area contributed by atoms with Gasteiger partial charge in [-0.05, 0) is 61.9 Å². The molecule has 2 aromatic heterocycles. The van der Waals surface area contributed by atoms with Crippen molar-refractivity contribution in [3.63, 3.8) is 0 Å². The summed E-state index contributed by atoms with van der Waals surface area (Å²) in [6.07, 6.45) is 1.70. The van der Waals surface area contributed by atoms with E-state index < -0.39 is 0 Å². The molecular formula is C22H19ClN4O2. The number of pyridine rings is 1. The molecule has 7 heteroatoms. The van der Waals surface area contributed by atoms with E-state index in [1.165, 1.54) is 0 Å². The van der Waals surface area contributed by atoms with Crippen molar-refractivity contribution in [1.29, 1.82) is 0 Å². The SMILES string of the molecule is COc1ccc(C)cc1NC(=O)c1ccc(Cl)c(-n2c(C)nc3cccnc32)c1. The van der Waals surface area contributed by atoms with Crippen molar-refractivity contribution in [3.8, 4) is 11.4 Å². The first-order valence-electron chi connectivity index (χ1n) is 9.04. The molecule has 0 saturated heterocycles. The van der Waals surface area contributed by atoms with Crippen molar-refractivity contribution in [2.45, 2.75) is 13.8 Å². The standard InChI is InChI=1S/C22H19ClN4O2/c1-13-6-9-20(29-3)18(11-13)26-22(28)15-7-8-16(23)19(12-15)27-14(2)25-17-5-4-10-24-21(17)27/h4-12H,1-3H3,(H,26,28). The second-order valence-corrected chi connectivity index (χ2v) is 7.07. The average Bonchev–Trinajstić information content (AvgIpc) is 3.04. The Morgan fingerprint density at radius 3 is 2.76 bits per heavy atom. The molecule has 0 radical (unpaired) electrons. The van der Waals surface area contributed by atoms with Gasteiger partial charge in [0.05, 0.1) is 23.5 Å². The quantitative estimate of drug-likeness (QED) is 0.520. The number of nitrogens with zero attached hydrogens (tertiary/aromatic N) is 3. The van der Waals surface area contributed by atoms with Crippen LogP contribution in [0.25, 0.3) is 16.9 Å². The lowest BCUT2D eigenvalue weighted by atomic mass is 10.1. The lowest BCUT2D eigenvalue weighted by Crippen LogP contribution is -2.13. The Hall–Kier alpha value is -3.38. The highest BCUT2D eigenvalue weighted by atomic mass is 35.5. The van der Waals surface area contributed by atoms with Gasteiger partial charge in [0.2, 0.25) is 0 Å². The fourth-order valence-electron chi connectivity index (χ4n) is 3.25. The van der Waals surface area contributed by atoms with Gasteiger partial charge in [-0.3, -0.25) is 9.36 Å². The Morgan fingerprint density at radius 1 is 1.14 bits per heavy atom. The van der Waals surface area contributed by atoms with Gasteiger partial charge in [0.1, 0.15) is 17.1 Å². The summed E-state index contributed by atoms with van der Waals surface area (Å²) >= 11 is 6.47. The van der Waals surface area contributed by atoms with E-state index in [0.717, 1.165) is 16.9 Å².